The summed E-state index contributed by atoms with van der Waals surface area (Å²) in [5.41, 5.74) is 0.776. The zero-order chi connectivity index (χ0) is 13.0. The van der Waals surface area contributed by atoms with E-state index in [1.165, 1.54) is 7.05 Å². The van der Waals surface area contributed by atoms with E-state index in [1.54, 1.807) is 25.1 Å². The van der Waals surface area contributed by atoms with Crippen molar-refractivity contribution >= 4 is 23.7 Å². The molecule has 1 aromatic rings. The molecule has 0 radical (unpaired) electrons. The van der Waals surface area contributed by atoms with E-state index in [-0.39, 0.29) is 0 Å². The number of ether oxygens (including phenoxy) is 1. The van der Waals surface area contributed by atoms with Crippen molar-refractivity contribution in [1.82, 2.24) is 4.90 Å². The van der Waals surface area contributed by atoms with Gasteiger partial charge >= 0.3 is 12.1 Å². The molecule has 92 valence electrons. The molecule has 0 heterocycles. The standard InChI is InChI=1S/C11H12ClNO4/c1-7-5-8(3-4-9(7)12)17-11(16)13(2)6-10(14)15/h3-5H,6H2,1-2H3,(H,14,15). The molecule has 1 rings (SSSR count). The Bertz CT molecular complexity index is 447. The van der Waals surface area contributed by atoms with E-state index in [4.69, 9.17) is 21.4 Å². The fourth-order valence-electron chi connectivity index (χ4n) is 1.13. The van der Waals surface area contributed by atoms with Crippen molar-refractivity contribution in [2.45, 2.75) is 6.92 Å². The smallest absolute Gasteiger partial charge is 0.415 e. The lowest BCUT2D eigenvalue weighted by atomic mass is 10.2. The minimum atomic E-state index is -1.10. The number of carboxylic acids is 1. The first-order chi connectivity index (χ1) is 7.90. The maximum Gasteiger partial charge on any atom is 0.415 e. The van der Waals surface area contributed by atoms with Gasteiger partial charge in [0.05, 0.1) is 0 Å². The Hall–Kier alpha value is -1.75. The Morgan fingerprint density at radius 1 is 1.47 bits per heavy atom. The van der Waals surface area contributed by atoms with Crippen LogP contribution in [0.4, 0.5) is 4.79 Å². The fraction of sp³-hybridized carbons (Fsp3) is 0.273. The summed E-state index contributed by atoms with van der Waals surface area (Å²) in [6.07, 6.45) is -0.728. The molecule has 0 atom stereocenters. The van der Waals surface area contributed by atoms with Crippen molar-refractivity contribution in [3.05, 3.63) is 28.8 Å². The predicted octanol–water partition coefficient (Wildman–Crippen LogP) is 2.16. The summed E-state index contributed by atoms with van der Waals surface area (Å²) < 4.78 is 4.98. The van der Waals surface area contributed by atoms with Gasteiger partial charge in [0.25, 0.3) is 0 Å². The average molecular weight is 258 g/mol. The van der Waals surface area contributed by atoms with E-state index < -0.39 is 18.6 Å². The van der Waals surface area contributed by atoms with E-state index in [1.807, 2.05) is 0 Å². The molecular formula is C11H12ClNO4. The lowest BCUT2D eigenvalue weighted by Gasteiger charge is -2.14. The molecule has 0 fully saturated rings. The third-order valence-corrected chi connectivity index (χ3v) is 2.44. The van der Waals surface area contributed by atoms with E-state index in [0.717, 1.165) is 10.5 Å². The second-order valence-corrected chi connectivity index (χ2v) is 3.94. The highest BCUT2D eigenvalue weighted by Crippen LogP contribution is 2.21. The van der Waals surface area contributed by atoms with Crippen LogP contribution in [0.15, 0.2) is 18.2 Å². The lowest BCUT2D eigenvalue weighted by Crippen LogP contribution is -2.34. The van der Waals surface area contributed by atoms with Gasteiger partial charge in [-0.3, -0.25) is 9.69 Å². The molecular weight excluding hydrogens is 246 g/mol. The SMILES string of the molecule is Cc1cc(OC(=O)N(C)CC(=O)O)ccc1Cl. The molecule has 0 saturated carbocycles. The molecule has 0 aliphatic carbocycles. The molecule has 0 aliphatic heterocycles. The molecule has 0 aromatic heterocycles. The minimum absolute atomic E-state index is 0.328. The largest absolute Gasteiger partial charge is 0.480 e. The summed E-state index contributed by atoms with van der Waals surface area (Å²) in [4.78, 5) is 22.8. The molecule has 6 heteroatoms. The molecule has 17 heavy (non-hydrogen) atoms. The highest BCUT2D eigenvalue weighted by molar-refractivity contribution is 6.31. The Labute approximate surface area is 104 Å². The first kappa shape index (κ1) is 13.3. The number of carbonyl (C=O) groups excluding carboxylic acids is 1. The van der Waals surface area contributed by atoms with Gasteiger partial charge in [0.2, 0.25) is 0 Å². The van der Waals surface area contributed by atoms with E-state index in [9.17, 15) is 9.59 Å². The minimum Gasteiger partial charge on any atom is -0.480 e. The van der Waals surface area contributed by atoms with E-state index in [0.29, 0.717) is 10.8 Å². The maximum atomic E-state index is 11.5. The Morgan fingerprint density at radius 2 is 2.12 bits per heavy atom. The zero-order valence-corrected chi connectivity index (χ0v) is 10.2. The van der Waals surface area contributed by atoms with Gasteiger partial charge in [0.1, 0.15) is 12.3 Å². The number of benzene rings is 1. The number of halogens is 1. The quantitative estimate of drug-likeness (QED) is 0.901. The van der Waals surface area contributed by atoms with Crippen molar-refractivity contribution in [2.75, 3.05) is 13.6 Å². The van der Waals surface area contributed by atoms with Gasteiger partial charge in [-0.05, 0) is 30.7 Å². The summed E-state index contributed by atoms with van der Waals surface area (Å²) in [6.45, 7) is 1.37. The number of carbonyl (C=O) groups is 2. The molecule has 0 saturated heterocycles. The number of hydrogen-bond donors (Lipinski definition) is 1. The highest BCUT2D eigenvalue weighted by atomic mass is 35.5. The van der Waals surface area contributed by atoms with Crippen LogP contribution in [0.3, 0.4) is 0 Å². The number of amides is 1. The predicted molar refractivity (Wildman–Crippen MR) is 62.5 cm³/mol. The molecule has 5 nitrogen and oxygen atoms in total. The highest BCUT2D eigenvalue weighted by Gasteiger charge is 2.14. The first-order valence-corrected chi connectivity index (χ1v) is 5.19. The Morgan fingerprint density at radius 3 is 2.65 bits per heavy atom. The molecule has 0 bridgehead atoms. The van der Waals surface area contributed by atoms with E-state index >= 15 is 0 Å². The summed E-state index contributed by atoms with van der Waals surface area (Å²) in [5.74, 6) is -0.772. The van der Waals surface area contributed by atoms with Crippen molar-refractivity contribution < 1.29 is 19.4 Å². The second-order valence-electron chi connectivity index (χ2n) is 3.53. The van der Waals surface area contributed by atoms with Crippen LogP contribution in [0, 0.1) is 6.92 Å². The summed E-state index contributed by atoms with van der Waals surface area (Å²) >= 11 is 5.82. The third kappa shape index (κ3) is 3.96. The first-order valence-electron chi connectivity index (χ1n) is 4.81. The van der Waals surface area contributed by atoms with Crippen LogP contribution in [-0.4, -0.2) is 35.7 Å². The van der Waals surface area contributed by atoms with Crippen LogP contribution in [0.1, 0.15) is 5.56 Å². The van der Waals surface area contributed by atoms with Crippen LogP contribution in [0.5, 0.6) is 5.75 Å². The Balaban J connectivity index is 2.67. The van der Waals surface area contributed by atoms with Crippen LogP contribution in [-0.2, 0) is 4.79 Å². The van der Waals surface area contributed by atoms with Crippen LogP contribution >= 0.6 is 11.6 Å². The van der Waals surface area contributed by atoms with Gasteiger partial charge in [0.15, 0.2) is 0 Å². The second kappa shape index (κ2) is 5.54. The number of rotatable bonds is 3. The van der Waals surface area contributed by atoms with Crippen LogP contribution in [0.25, 0.3) is 0 Å². The topological polar surface area (TPSA) is 66.8 Å². The van der Waals surface area contributed by atoms with Crippen molar-refractivity contribution in [2.24, 2.45) is 0 Å². The normalized spacial score (nSPS) is 9.82. The number of carboxylic acid groups (broad SMARTS) is 1. The van der Waals surface area contributed by atoms with Crippen LogP contribution < -0.4 is 4.74 Å². The lowest BCUT2D eigenvalue weighted by molar-refractivity contribution is -0.137. The molecule has 1 N–H and O–H groups in total. The number of hydrogen-bond acceptors (Lipinski definition) is 3. The van der Waals surface area contributed by atoms with Gasteiger partial charge in [-0.1, -0.05) is 11.6 Å². The van der Waals surface area contributed by atoms with Gasteiger partial charge in [-0.2, -0.15) is 0 Å². The van der Waals surface area contributed by atoms with Crippen molar-refractivity contribution in [3.63, 3.8) is 0 Å². The third-order valence-electron chi connectivity index (χ3n) is 2.02. The Kier molecular flexibility index (Phi) is 4.34. The van der Waals surface area contributed by atoms with Gasteiger partial charge < -0.3 is 9.84 Å². The van der Waals surface area contributed by atoms with Crippen molar-refractivity contribution in [3.8, 4) is 5.75 Å². The van der Waals surface area contributed by atoms with Gasteiger partial charge in [-0.25, -0.2) is 4.79 Å². The number of likely N-dealkylation sites (N-methyl/N-ethyl adjacent to an activating group) is 1. The maximum absolute atomic E-state index is 11.5. The number of nitrogens with zero attached hydrogens (tertiary/aromatic N) is 1. The van der Waals surface area contributed by atoms with Gasteiger partial charge in [-0.15, -0.1) is 0 Å². The summed E-state index contributed by atoms with van der Waals surface area (Å²) in [7, 11) is 1.35. The molecule has 1 amide bonds. The zero-order valence-electron chi connectivity index (χ0n) is 9.44. The summed E-state index contributed by atoms with van der Waals surface area (Å²) in [6, 6.07) is 4.76. The number of aryl methyl sites for hydroxylation is 1. The molecule has 1 aromatic carbocycles. The molecule has 0 unspecified atom stereocenters. The van der Waals surface area contributed by atoms with E-state index in [2.05, 4.69) is 0 Å². The van der Waals surface area contributed by atoms with Gasteiger partial charge in [0, 0.05) is 12.1 Å². The molecule has 0 spiro atoms. The van der Waals surface area contributed by atoms with Crippen LogP contribution in [0.2, 0.25) is 5.02 Å². The monoisotopic (exact) mass is 257 g/mol. The fourth-order valence-corrected chi connectivity index (χ4v) is 1.24. The average Bonchev–Trinajstić information content (AvgIpc) is 2.22. The summed E-state index contributed by atoms with van der Waals surface area (Å²) in [5, 5.41) is 9.09. The van der Waals surface area contributed by atoms with Crippen molar-refractivity contribution in [1.29, 1.82) is 0 Å². The number of aliphatic carboxylic acids is 1. The molecule has 0 aliphatic rings.